The monoisotopic (exact) mass is 560 g/mol. The second-order valence-electron chi connectivity index (χ2n) is 6.90. The predicted molar refractivity (Wildman–Crippen MR) is 137 cm³/mol. The Kier molecular flexibility index (Phi) is 11.4. The zero-order valence-corrected chi connectivity index (χ0v) is 21.6. The van der Waals surface area contributed by atoms with Crippen molar-refractivity contribution in [1.82, 2.24) is 15.5 Å². The summed E-state index contributed by atoms with van der Waals surface area (Å²) in [6, 6.07) is 10.6. The van der Waals surface area contributed by atoms with E-state index in [1.165, 1.54) is 4.88 Å². The molecule has 0 amide bonds. The zero-order valence-electron chi connectivity index (χ0n) is 18.4. The molecule has 1 fully saturated rings. The molecule has 1 saturated heterocycles. The number of hydrogen-bond donors (Lipinski definition) is 2. The number of morpholine rings is 1. The molecule has 2 aromatic rings. The Morgan fingerprint density at radius 3 is 2.68 bits per heavy atom. The third-order valence-electron chi connectivity index (χ3n) is 5.03. The van der Waals surface area contributed by atoms with Crippen LogP contribution in [0.1, 0.15) is 23.4 Å². The number of aliphatic imine (C=N–C) groups is 1. The van der Waals surface area contributed by atoms with Crippen molar-refractivity contribution in [2.75, 3.05) is 53.6 Å². The van der Waals surface area contributed by atoms with E-state index in [0.29, 0.717) is 19.2 Å². The number of nitrogens with zero attached hydrogens (tertiary/aromatic N) is 2. The number of guanidine groups is 1. The summed E-state index contributed by atoms with van der Waals surface area (Å²) in [6.45, 7) is 7.46. The second kappa shape index (κ2) is 13.8. The highest BCUT2D eigenvalue weighted by atomic mass is 127. The minimum Gasteiger partial charge on any atom is -0.493 e. The summed E-state index contributed by atoms with van der Waals surface area (Å²) in [5.74, 6) is 2.28. The van der Waals surface area contributed by atoms with Crippen LogP contribution in [0.25, 0.3) is 0 Å². The first kappa shape index (κ1) is 25.7. The number of halogens is 1. The van der Waals surface area contributed by atoms with Crippen LogP contribution in [0.5, 0.6) is 11.5 Å². The van der Waals surface area contributed by atoms with Gasteiger partial charge < -0.3 is 24.8 Å². The summed E-state index contributed by atoms with van der Waals surface area (Å²) in [6.07, 6.45) is 0. The Morgan fingerprint density at radius 1 is 1.23 bits per heavy atom. The highest BCUT2D eigenvalue weighted by Gasteiger charge is 2.23. The van der Waals surface area contributed by atoms with Crippen LogP contribution in [0.3, 0.4) is 0 Å². The van der Waals surface area contributed by atoms with Crippen molar-refractivity contribution < 1.29 is 14.2 Å². The third kappa shape index (κ3) is 7.51. The minimum absolute atomic E-state index is 0. The van der Waals surface area contributed by atoms with Crippen molar-refractivity contribution in [3.05, 3.63) is 46.2 Å². The first-order chi connectivity index (χ1) is 14.7. The molecule has 0 radical (unpaired) electrons. The molecule has 1 atom stereocenters. The molecule has 0 saturated carbocycles. The SMILES string of the molecule is CCOc1cc(CNC(=NC)NCC(c2cccs2)N2CCOCC2)ccc1OC.I. The first-order valence-corrected chi connectivity index (χ1v) is 11.2. The molecule has 1 aromatic heterocycles. The van der Waals surface area contributed by atoms with Crippen LogP contribution in [-0.4, -0.2) is 64.5 Å². The van der Waals surface area contributed by atoms with Gasteiger partial charge in [-0.1, -0.05) is 12.1 Å². The van der Waals surface area contributed by atoms with E-state index in [4.69, 9.17) is 14.2 Å². The second-order valence-corrected chi connectivity index (χ2v) is 7.88. The van der Waals surface area contributed by atoms with E-state index >= 15 is 0 Å². The molecule has 0 aliphatic carbocycles. The van der Waals surface area contributed by atoms with Gasteiger partial charge in [-0.05, 0) is 36.1 Å². The van der Waals surface area contributed by atoms with Crippen molar-refractivity contribution in [3.8, 4) is 11.5 Å². The molecule has 1 aliphatic rings. The van der Waals surface area contributed by atoms with E-state index in [9.17, 15) is 0 Å². The molecular formula is C22H33IN4O3S. The molecule has 1 aromatic carbocycles. The molecular weight excluding hydrogens is 527 g/mol. The number of hydrogen-bond acceptors (Lipinski definition) is 6. The van der Waals surface area contributed by atoms with Gasteiger partial charge in [0.25, 0.3) is 0 Å². The van der Waals surface area contributed by atoms with Gasteiger partial charge in [0.15, 0.2) is 17.5 Å². The van der Waals surface area contributed by atoms with E-state index in [-0.39, 0.29) is 24.0 Å². The molecule has 1 unspecified atom stereocenters. The third-order valence-corrected chi connectivity index (χ3v) is 6.01. The fourth-order valence-corrected chi connectivity index (χ4v) is 4.34. The van der Waals surface area contributed by atoms with Crippen LogP contribution in [0, 0.1) is 0 Å². The summed E-state index contributed by atoms with van der Waals surface area (Å²) in [5.41, 5.74) is 1.10. The maximum Gasteiger partial charge on any atom is 0.191 e. The van der Waals surface area contributed by atoms with Crippen LogP contribution in [0.15, 0.2) is 40.7 Å². The van der Waals surface area contributed by atoms with Crippen LogP contribution in [0.4, 0.5) is 0 Å². The van der Waals surface area contributed by atoms with E-state index < -0.39 is 0 Å². The summed E-state index contributed by atoms with van der Waals surface area (Å²) in [5, 5.41) is 9.03. The Hall–Kier alpha value is -1.56. The van der Waals surface area contributed by atoms with Gasteiger partial charge in [-0.25, -0.2) is 0 Å². The van der Waals surface area contributed by atoms with E-state index in [1.807, 2.05) is 25.1 Å². The number of thiophene rings is 1. The molecule has 0 spiro atoms. The predicted octanol–water partition coefficient (Wildman–Crippen LogP) is 3.51. The lowest BCUT2D eigenvalue weighted by atomic mass is 10.2. The van der Waals surface area contributed by atoms with Crippen molar-refractivity contribution in [2.24, 2.45) is 4.99 Å². The fourth-order valence-electron chi connectivity index (χ4n) is 3.48. The van der Waals surface area contributed by atoms with Gasteiger partial charge in [-0.3, -0.25) is 9.89 Å². The maximum absolute atomic E-state index is 5.68. The van der Waals surface area contributed by atoms with Crippen LogP contribution >= 0.6 is 35.3 Å². The Balaban J connectivity index is 0.00000341. The lowest BCUT2D eigenvalue weighted by Gasteiger charge is -2.34. The molecule has 3 rings (SSSR count). The maximum atomic E-state index is 5.68. The summed E-state index contributed by atoms with van der Waals surface area (Å²) < 4.78 is 16.6. The van der Waals surface area contributed by atoms with Gasteiger partial charge in [0.1, 0.15) is 0 Å². The molecule has 2 heterocycles. The number of ether oxygens (including phenoxy) is 3. The van der Waals surface area contributed by atoms with Crippen molar-refractivity contribution in [3.63, 3.8) is 0 Å². The minimum atomic E-state index is 0. The summed E-state index contributed by atoms with van der Waals surface area (Å²) in [7, 11) is 3.45. The number of nitrogens with one attached hydrogen (secondary N) is 2. The molecule has 9 heteroatoms. The van der Waals surface area contributed by atoms with Crippen LogP contribution in [0.2, 0.25) is 0 Å². The van der Waals surface area contributed by atoms with Gasteiger partial charge in [0.05, 0.1) is 33.0 Å². The smallest absolute Gasteiger partial charge is 0.191 e. The topological polar surface area (TPSA) is 67.4 Å². The fraction of sp³-hybridized carbons (Fsp3) is 0.500. The quantitative estimate of drug-likeness (QED) is 0.278. The summed E-state index contributed by atoms with van der Waals surface area (Å²) >= 11 is 1.80. The van der Waals surface area contributed by atoms with Crippen molar-refractivity contribution in [1.29, 1.82) is 0 Å². The number of benzene rings is 1. The van der Waals surface area contributed by atoms with Gasteiger partial charge in [0.2, 0.25) is 0 Å². The van der Waals surface area contributed by atoms with E-state index in [0.717, 1.165) is 55.9 Å². The number of methoxy groups -OCH3 is 1. The highest BCUT2D eigenvalue weighted by molar-refractivity contribution is 14.0. The average molecular weight is 561 g/mol. The Labute approximate surface area is 206 Å². The summed E-state index contributed by atoms with van der Waals surface area (Å²) in [4.78, 5) is 8.23. The molecule has 172 valence electrons. The number of rotatable bonds is 9. The van der Waals surface area contributed by atoms with E-state index in [1.54, 1.807) is 25.5 Å². The Bertz CT molecular complexity index is 798. The largest absolute Gasteiger partial charge is 0.493 e. The average Bonchev–Trinajstić information content (AvgIpc) is 3.32. The van der Waals surface area contributed by atoms with Gasteiger partial charge in [-0.2, -0.15) is 0 Å². The molecule has 2 N–H and O–H groups in total. The van der Waals surface area contributed by atoms with E-state index in [2.05, 4.69) is 38.0 Å². The first-order valence-electron chi connectivity index (χ1n) is 10.3. The molecule has 1 aliphatic heterocycles. The highest BCUT2D eigenvalue weighted by Crippen LogP contribution is 2.28. The lowest BCUT2D eigenvalue weighted by molar-refractivity contribution is 0.0177. The standard InChI is InChI=1S/C22H32N4O3S.HI/c1-4-29-20-14-17(7-8-19(20)27-3)15-24-22(23-2)25-16-18(21-6-5-13-30-21)26-9-11-28-12-10-26;/h5-8,13-14,18H,4,9-12,15-16H2,1-3H3,(H2,23,24,25);1H. The Morgan fingerprint density at radius 2 is 2.03 bits per heavy atom. The van der Waals surface area contributed by atoms with Gasteiger partial charge in [-0.15, -0.1) is 35.3 Å². The molecule has 31 heavy (non-hydrogen) atoms. The van der Waals surface area contributed by atoms with Crippen molar-refractivity contribution in [2.45, 2.75) is 19.5 Å². The normalized spacial score (nSPS) is 15.6. The molecule has 7 nitrogen and oxygen atoms in total. The van der Waals surface area contributed by atoms with Crippen LogP contribution in [-0.2, 0) is 11.3 Å². The van der Waals surface area contributed by atoms with Crippen LogP contribution < -0.4 is 20.1 Å². The van der Waals surface area contributed by atoms with Gasteiger partial charge >= 0.3 is 0 Å². The lowest BCUT2D eigenvalue weighted by Crippen LogP contribution is -2.46. The molecule has 0 bridgehead atoms. The van der Waals surface area contributed by atoms with Crippen molar-refractivity contribution >= 4 is 41.3 Å². The van der Waals surface area contributed by atoms with Gasteiger partial charge in [0, 0.05) is 38.1 Å². The zero-order chi connectivity index (χ0) is 21.2.